The number of halogens is 2. The lowest BCUT2D eigenvalue weighted by Crippen LogP contribution is -2.49. The molecule has 2 amide bonds. The van der Waals surface area contributed by atoms with Gasteiger partial charge >= 0.3 is 0 Å². The molecular weight excluding hydrogens is 539 g/mol. The predicted molar refractivity (Wildman–Crippen MR) is 155 cm³/mol. The molecule has 2 aromatic carbocycles. The lowest BCUT2D eigenvalue weighted by molar-refractivity contribution is -0.120. The second-order valence-corrected chi connectivity index (χ2v) is 11.6. The van der Waals surface area contributed by atoms with Crippen LogP contribution in [-0.4, -0.2) is 78.7 Å². The molecule has 10 heteroatoms. The Morgan fingerprint density at radius 3 is 2.67 bits per heavy atom. The summed E-state index contributed by atoms with van der Waals surface area (Å²) in [4.78, 5) is 30.7. The fraction of sp³-hybridized carbons (Fsp3) is 0.517. The molecule has 0 aromatic heterocycles. The van der Waals surface area contributed by atoms with Crippen LogP contribution in [0.2, 0.25) is 10.0 Å². The van der Waals surface area contributed by atoms with E-state index in [0.717, 1.165) is 31.5 Å². The number of rotatable bonds is 8. The maximum Gasteiger partial charge on any atom is 0.258 e. The molecule has 0 aliphatic carbocycles. The van der Waals surface area contributed by atoms with Gasteiger partial charge in [-0.3, -0.25) is 14.5 Å². The summed E-state index contributed by atoms with van der Waals surface area (Å²) in [6.45, 7) is 6.95. The maximum atomic E-state index is 13.7. The van der Waals surface area contributed by atoms with Gasteiger partial charge in [0.25, 0.3) is 5.91 Å². The number of carbonyl (C=O) groups is 2. The SMILES string of the molecule is CC1CN(C(C)CO)C(=O)c2cccc(NC(=O)C3CCNCC3)c2OC1CN(C)Cc1ccc(Cl)c(Cl)c1. The summed E-state index contributed by atoms with van der Waals surface area (Å²) in [6, 6.07) is 10.5. The number of likely N-dealkylation sites (N-methyl/N-ethyl adjacent to an activating group) is 1. The number of anilines is 1. The van der Waals surface area contributed by atoms with Crippen molar-refractivity contribution in [3.8, 4) is 5.75 Å². The van der Waals surface area contributed by atoms with Gasteiger partial charge in [-0.2, -0.15) is 0 Å². The molecule has 212 valence electrons. The number of fused-ring (bicyclic) bond motifs is 1. The van der Waals surface area contributed by atoms with E-state index in [1.807, 2.05) is 33.0 Å². The molecule has 2 aliphatic rings. The minimum atomic E-state index is -0.367. The third-order valence-corrected chi connectivity index (χ3v) is 8.33. The number of carbonyl (C=O) groups excluding carboxylic acids is 2. The van der Waals surface area contributed by atoms with Crippen LogP contribution in [0.4, 0.5) is 5.69 Å². The van der Waals surface area contributed by atoms with E-state index in [1.54, 1.807) is 29.2 Å². The van der Waals surface area contributed by atoms with Gasteiger partial charge in [0, 0.05) is 31.5 Å². The first-order valence-corrected chi connectivity index (χ1v) is 14.3. The number of piperidine rings is 1. The standard InChI is InChI=1S/C29H38Cl2N4O4/c1-18-14-35(19(2)17-36)29(38)22-5-4-6-25(33-28(37)21-9-11-32-12-10-21)27(22)39-26(18)16-34(3)15-20-7-8-23(30)24(31)13-20/h4-8,13,18-19,21,26,32,36H,9-12,14-17H2,1-3H3,(H,33,37). The Kier molecular flexibility index (Phi) is 10.1. The van der Waals surface area contributed by atoms with Crippen LogP contribution in [0.3, 0.4) is 0 Å². The highest BCUT2D eigenvalue weighted by Crippen LogP contribution is 2.35. The van der Waals surface area contributed by atoms with Gasteiger partial charge in [0.15, 0.2) is 5.75 Å². The molecular formula is C29H38Cl2N4O4. The number of aliphatic hydroxyl groups excluding tert-OH is 1. The van der Waals surface area contributed by atoms with Crippen LogP contribution in [0.25, 0.3) is 0 Å². The number of hydrogen-bond donors (Lipinski definition) is 3. The van der Waals surface area contributed by atoms with Gasteiger partial charge in [0.05, 0.1) is 33.9 Å². The smallest absolute Gasteiger partial charge is 0.258 e. The van der Waals surface area contributed by atoms with Crippen molar-refractivity contribution in [2.45, 2.75) is 45.4 Å². The van der Waals surface area contributed by atoms with E-state index in [2.05, 4.69) is 15.5 Å². The summed E-state index contributed by atoms with van der Waals surface area (Å²) in [5, 5.41) is 17.3. The van der Waals surface area contributed by atoms with E-state index in [4.69, 9.17) is 27.9 Å². The molecule has 39 heavy (non-hydrogen) atoms. The zero-order chi connectivity index (χ0) is 28.1. The lowest BCUT2D eigenvalue weighted by Gasteiger charge is -2.38. The Morgan fingerprint density at radius 1 is 1.23 bits per heavy atom. The number of nitrogens with zero attached hydrogens (tertiary/aromatic N) is 2. The van der Waals surface area contributed by atoms with Crippen LogP contribution in [0.5, 0.6) is 5.75 Å². The molecule has 3 unspecified atom stereocenters. The van der Waals surface area contributed by atoms with Crippen molar-refractivity contribution < 1.29 is 19.4 Å². The van der Waals surface area contributed by atoms with E-state index >= 15 is 0 Å². The fourth-order valence-electron chi connectivity index (χ4n) is 5.20. The van der Waals surface area contributed by atoms with Crippen LogP contribution >= 0.6 is 23.2 Å². The van der Waals surface area contributed by atoms with Crippen molar-refractivity contribution >= 4 is 40.7 Å². The van der Waals surface area contributed by atoms with Gasteiger partial charge in [-0.05, 0) is 69.7 Å². The van der Waals surface area contributed by atoms with Crippen molar-refractivity contribution in [1.82, 2.24) is 15.1 Å². The molecule has 3 N–H and O–H groups in total. The molecule has 1 saturated heterocycles. The van der Waals surface area contributed by atoms with E-state index in [9.17, 15) is 14.7 Å². The highest BCUT2D eigenvalue weighted by molar-refractivity contribution is 6.42. The highest BCUT2D eigenvalue weighted by Gasteiger charge is 2.35. The summed E-state index contributed by atoms with van der Waals surface area (Å²) in [7, 11) is 2.00. The lowest BCUT2D eigenvalue weighted by atomic mass is 9.96. The zero-order valence-corrected chi connectivity index (χ0v) is 24.3. The van der Waals surface area contributed by atoms with Gasteiger partial charge in [-0.25, -0.2) is 0 Å². The molecule has 0 saturated carbocycles. The second-order valence-electron chi connectivity index (χ2n) is 10.8. The average Bonchev–Trinajstić information content (AvgIpc) is 2.93. The van der Waals surface area contributed by atoms with Crippen LogP contribution in [0.1, 0.15) is 42.6 Å². The quantitative estimate of drug-likeness (QED) is 0.434. The van der Waals surface area contributed by atoms with Gasteiger partial charge < -0.3 is 25.4 Å². The first kappa shape index (κ1) is 29.6. The minimum Gasteiger partial charge on any atom is -0.486 e. The third-order valence-electron chi connectivity index (χ3n) is 7.59. The monoisotopic (exact) mass is 576 g/mol. The molecule has 3 atom stereocenters. The summed E-state index contributed by atoms with van der Waals surface area (Å²) in [6.07, 6.45) is 1.23. The van der Waals surface area contributed by atoms with Crippen LogP contribution in [0, 0.1) is 11.8 Å². The molecule has 2 aromatic rings. The van der Waals surface area contributed by atoms with E-state index in [1.165, 1.54) is 0 Å². The number of benzene rings is 2. The van der Waals surface area contributed by atoms with Crippen molar-refractivity contribution in [1.29, 1.82) is 0 Å². The third kappa shape index (κ3) is 7.24. The molecule has 0 spiro atoms. The molecule has 2 aliphatic heterocycles. The highest BCUT2D eigenvalue weighted by atomic mass is 35.5. The van der Waals surface area contributed by atoms with Crippen LogP contribution in [-0.2, 0) is 11.3 Å². The van der Waals surface area contributed by atoms with Crippen molar-refractivity contribution in [3.05, 3.63) is 57.6 Å². The normalized spacial score (nSPS) is 21.1. The van der Waals surface area contributed by atoms with Gasteiger partial charge in [-0.1, -0.05) is 42.3 Å². The number of nitrogens with one attached hydrogen (secondary N) is 2. The number of ether oxygens (including phenoxy) is 1. The number of amides is 2. The summed E-state index contributed by atoms with van der Waals surface area (Å²) < 4.78 is 6.63. The van der Waals surface area contributed by atoms with Crippen LogP contribution < -0.4 is 15.4 Å². The van der Waals surface area contributed by atoms with Gasteiger partial charge in [-0.15, -0.1) is 0 Å². The summed E-state index contributed by atoms with van der Waals surface area (Å²) in [5.41, 5.74) is 1.89. The molecule has 4 rings (SSSR count). The maximum absolute atomic E-state index is 13.7. The van der Waals surface area contributed by atoms with E-state index < -0.39 is 0 Å². The molecule has 0 radical (unpaired) electrons. The Bertz CT molecular complexity index is 1170. The summed E-state index contributed by atoms with van der Waals surface area (Å²) >= 11 is 12.3. The topological polar surface area (TPSA) is 94.1 Å². The van der Waals surface area contributed by atoms with E-state index in [-0.39, 0.29) is 42.4 Å². The van der Waals surface area contributed by atoms with Crippen LogP contribution in [0.15, 0.2) is 36.4 Å². The van der Waals surface area contributed by atoms with Gasteiger partial charge in [0.2, 0.25) is 5.91 Å². The largest absolute Gasteiger partial charge is 0.486 e. The Labute approximate surface area is 240 Å². The molecule has 2 heterocycles. The fourth-order valence-corrected chi connectivity index (χ4v) is 5.52. The van der Waals surface area contributed by atoms with Crippen molar-refractivity contribution in [3.63, 3.8) is 0 Å². The Morgan fingerprint density at radius 2 is 1.97 bits per heavy atom. The second kappa shape index (κ2) is 13.3. The number of aliphatic hydroxyl groups is 1. The van der Waals surface area contributed by atoms with Crippen molar-refractivity contribution in [2.24, 2.45) is 11.8 Å². The molecule has 0 bridgehead atoms. The zero-order valence-electron chi connectivity index (χ0n) is 22.8. The van der Waals surface area contributed by atoms with Gasteiger partial charge in [0.1, 0.15) is 6.10 Å². The predicted octanol–water partition coefficient (Wildman–Crippen LogP) is 4.28. The number of para-hydroxylation sites is 1. The molecule has 8 nitrogen and oxygen atoms in total. The molecule has 1 fully saturated rings. The van der Waals surface area contributed by atoms with E-state index in [0.29, 0.717) is 46.7 Å². The number of hydrogen-bond acceptors (Lipinski definition) is 6. The van der Waals surface area contributed by atoms with Crippen molar-refractivity contribution in [2.75, 3.05) is 45.2 Å². The Balaban J connectivity index is 1.63. The first-order chi connectivity index (χ1) is 18.7. The first-order valence-electron chi connectivity index (χ1n) is 13.5. The Hall–Kier alpha value is -2.36. The summed E-state index contributed by atoms with van der Waals surface area (Å²) in [5.74, 6) is -0.0619. The minimum absolute atomic E-state index is 0.0551. The average molecular weight is 578 g/mol.